The number of nitrogens with one attached hydrogen (secondary N) is 1. The summed E-state index contributed by atoms with van der Waals surface area (Å²) in [5.41, 5.74) is 3.78. The molecule has 1 heterocycles. The highest BCUT2D eigenvalue weighted by Crippen LogP contribution is 2.19. The van der Waals surface area contributed by atoms with Gasteiger partial charge in [0, 0.05) is 10.6 Å². The van der Waals surface area contributed by atoms with Crippen LogP contribution in [0.2, 0.25) is 0 Å². The average Bonchev–Trinajstić information content (AvgIpc) is 2.76. The van der Waals surface area contributed by atoms with E-state index in [2.05, 4.69) is 55.3 Å². The summed E-state index contributed by atoms with van der Waals surface area (Å²) >= 11 is 1.78. The van der Waals surface area contributed by atoms with Gasteiger partial charge in [-0.2, -0.15) is 0 Å². The third kappa shape index (κ3) is 4.34. The van der Waals surface area contributed by atoms with Crippen molar-refractivity contribution in [2.24, 2.45) is 0 Å². The molecule has 1 aromatic carbocycles. The molecule has 2 aromatic rings. The Hall–Kier alpha value is -1.35. The molecule has 0 spiro atoms. The molecular formula is C17H24N2S. The van der Waals surface area contributed by atoms with Crippen molar-refractivity contribution in [3.8, 4) is 0 Å². The first-order valence-corrected chi connectivity index (χ1v) is 8.26. The molecular weight excluding hydrogens is 264 g/mol. The number of benzene rings is 1. The van der Waals surface area contributed by atoms with Gasteiger partial charge in [-0.25, -0.2) is 4.98 Å². The van der Waals surface area contributed by atoms with E-state index in [1.807, 2.05) is 0 Å². The Balaban J connectivity index is 1.86. The molecule has 0 bridgehead atoms. The number of nitrogens with zero attached hydrogens (tertiary/aromatic N) is 1. The Morgan fingerprint density at radius 2 is 1.85 bits per heavy atom. The third-order valence-corrected chi connectivity index (χ3v) is 4.55. The second-order valence-corrected chi connectivity index (χ2v) is 6.54. The molecule has 0 aliphatic heterocycles. The van der Waals surface area contributed by atoms with E-state index >= 15 is 0 Å². The average molecular weight is 288 g/mol. The summed E-state index contributed by atoms with van der Waals surface area (Å²) in [6.45, 7) is 7.26. The van der Waals surface area contributed by atoms with Gasteiger partial charge in [0.15, 0.2) is 0 Å². The Bertz CT molecular complexity index is 528. The van der Waals surface area contributed by atoms with Gasteiger partial charge in [-0.1, -0.05) is 31.9 Å². The van der Waals surface area contributed by atoms with E-state index < -0.39 is 0 Å². The molecule has 108 valence electrons. The number of hydrogen-bond donors (Lipinski definition) is 1. The van der Waals surface area contributed by atoms with Gasteiger partial charge in [-0.15, -0.1) is 11.3 Å². The van der Waals surface area contributed by atoms with E-state index in [1.54, 1.807) is 11.3 Å². The van der Waals surface area contributed by atoms with Gasteiger partial charge in [0.05, 0.1) is 17.2 Å². The van der Waals surface area contributed by atoms with Crippen molar-refractivity contribution in [2.75, 3.05) is 5.32 Å². The zero-order valence-electron chi connectivity index (χ0n) is 12.7. The molecule has 20 heavy (non-hydrogen) atoms. The third-order valence-electron chi connectivity index (χ3n) is 3.48. The maximum Gasteiger partial charge on any atom is 0.0900 e. The van der Waals surface area contributed by atoms with Gasteiger partial charge >= 0.3 is 0 Å². The first kappa shape index (κ1) is 15.0. The lowest BCUT2D eigenvalue weighted by Gasteiger charge is -2.07. The maximum atomic E-state index is 4.46. The summed E-state index contributed by atoms with van der Waals surface area (Å²) < 4.78 is 0. The molecule has 3 heteroatoms. The van der Waals surface area contributed by atoms with E-state index in [0.29, 0.717) is 0 Å². The molecule has 0 saturated carbocycles. The zero-order valence-corrected chi connectivity index (χ0v) is 13.5. The zero-order chi connectivity index (χ0) is 14.4. The molecule has 0 aliphatic rings. The van der Waals surface area contributed by atoms with Crippen LogP contribution in [0.1, 0.15) is 47.3 Å². The van der Waals surface area contributed by atoms with Crippen molar-refractivity contribution in [1.82, 2.24) is 4.98 Å². The first-order chi connectivity index (χ1) is 9.69. The van der Waals surface area contributed by atoms with Crippen LogP contribution >= 0.6 is 11.3 Å². The number of aromatic nitrogens is 1. The second kappa shape index (κ2) is 7.44. The smallest absolute Gasteiger partial charge is 0.0900 e. The van der Waals surface area contributed by atoms with Crippen molar-refractivity contribution >= 4 is 17.0 Å². The largest absolute Gasteiger partial charge is 0.380 e. The molecule has 0 amide bonds. The minimum atomic E-state index is 0.868. The molecule has 0 fully saturated rings. The van der Waals surface area contributed by atoms with Crippen LogP contribution in [-0.4, -0.2) is 4.98 Å². The second-order valence-electron chi connectivity index (χ2n) is 5.25. The lowest BCUT2D eigenvalue weighted by molar-refractivity contribution is 0.717. The quantitative estimate of drug-likeness (QED) is 0.717. The monoisotopic (exact) mass is 288 g/mol. The number of anilines is 1. The van der Waals surface area contributed by atoms with Gasteiger partial charge in [0.2, 0.25) is 0 Å². The minimum absolute atomic E-state index is 0.868. The summed E-state index contributed by atoms with van der Waals surface area (Å²) in [6, 6.07) is 8.85. The van der Waals surface area contributed by atoms with E-state index in [-0.39, 0.29) is 0 Å². The number of aryl methyl sites for hydroxylation is 3. The van der Waals surface area contributed by atoms with Crippen LogP contribution in [0.3, 0.4) is 0 Å². The van der Waals surface area contributed by atoms with Gasteiger partial charge in [-0.05, 0) is 44.4 Å². The van der Waals surface area contributed by atoms with Crippen LogP contribution in [0, 0.1) is 13.8 Å². The highest BCUT2D eigenvalue weighted by molar-refractivity contribution is 7.11. The van der Waals surface area contributed by atoms with Gasteiger partial charge in [0.25, 0.3) is 0 Å². The summed E-state index contributed by atoms with van der Waals surface area (Å²) in [7, 11) is 0. The summed E-state index contributed by atoms with van der Waals surface area (Å²) in [4.78, 5) is 5.79. The fourth-order valence-corrected chi connectivity index (χ4v) is 3.17. The van der Waals surface area contributed by atoms with E-state index in [4.69, 9.17) is 0 Å². The number of rotatable bonds is 7. The first-order valence-electron chi connectivity index (χ1n) is 7.44. The Kier molecular flexibility index (Phi) is 5.60. The van der Waals surface area contributed by atoms with Crippen LogP contribution in [0.25, 0.3) is 0 Å². The highest BCUT2D eigenvalue weighted by atomic mass is 32.1. The van der Waals surface area contributed by atoms with Crippen LogP contribution in [0.5, 0.6) is 0 Å². The topological polar surface area (TPSA) is 24.9 Å². The normalized spacial score (nSPS) is 10.8. The van der Waals surface area contributed by atoms with Crippen molar-refractivity contribution in [3.63, 3.8) is 0 Å². The van der Waals surface area contributed by atoms with Crippen molar-refractivity contribution in [1.29, 1.82) is 0 Å². The number of hydrogen-bond acceptors (Lipinski definition) is 3. The van der Waals surface area contributed by atoms with Crippen LogP contribution in [0.4, 0.5) is 5.69 Å². The Labute approximate surface area is 126 Å². The summed E-state index contributed by atoms with van der Waals surface area (Å²) in [6.07, 6.45) is 5.10. The van der Waals surface area contributed by atoms with Gasteiger partial charge in [0.1, 0.15) is 0 Å². The molecule has 2 nitrogen and oxygen atoms in total. The molecule has 1 N–H and O–H groups in total. The number of thiazole rings is 1. The highest BCUT2D eigenvalue weighted by Gasteiger charge is 2.04. The fraction of sp³-hybridized carbons (Fsp3) is 0.471. The van der Waals surface area contributed by atoms with Crippen molar-refractivity contribution in [3.05, 3.63) is 45.4 Å². The summed E-state index contributed by atoms with van der Waals surface area (Å²) in [5.74, 6) is 0. The molecule has 0 radical (unpaired) electrons. The minimum Gasteiger partial charge on any atom is -0.380 e. The van der Waals surface area contributed by atoms with E-state index in [0.717, 1.165) is 17.2 Å². The van der Waals surface area contributed by atoms with Crippen LogP contribution in [-0.2, 0) is 13.0 Å². The van der Waals surface area contributed by atoms with Crippen molar-refractivity contribution < 1.29 is 0 Å². The van der Waals surface area contributed by atoms with Crippen LogP contribution in [0.15, 0.2) is 24.3 Å². The molecule has 0 unspecified atom stereocenters. The predicted molar refractivity (Wildman–Crippen MR) is 88.6 cm³/mol. The van der Waals surface area contributed by atoms with E-state index in [1.165, 1.54) is 41.8 Å². The maximum absolute atomic E-state index is 4.46. The Morgan fingerprint density at radius 3 is 2.45 bits per heavy atom. The fourth-order valence-electron chi connectivity index (χ4n) is 2.29. The lowest BCUT2D eigenvalue weighted by atomic mass is 10.1. The Morgan fingerprint density at radius 1 is 1.10 bits per heavy atom. The van der Waals surface area contributed by atoms with E-state index in [9.17, 15) is 0 Å². The van der Waals surface area contributed by atoms with Gasteiger partial charge < -0.3 is 5.32 Å². The predicted octanol–water partition coefficient (Wildman–Crippen LogP) is 5.10. The van der Waals surface area contributed by atoms with Crippen LogP contribution < -0.4 is 5.32 Å². The molecule has 0 saturated heterocycles. The van der Waals surface area contributed by atoms with Gasteiger partial charge in [-0.3, -0.25) is 0 Å². The molecule has 2 rings (SSSR count). The molecule has 1 aromatic heterocycles. The molecule has 0 aliphatic carbocycles. The SMILES string of the molecule is CCCCCc1ccc(NCc2sc(C)nc2C)cc1. The molecule has 0 atom stereocenters. The standard InChI is InChI=1S/C17H24N2S/c1-4-5-6-7-15-8-10-16(11-9-15)18-12-17-13(2)19-14(3)20-17/h8-11,18H,4-7,12H2,1-3H3. The summed E-state index contributed by atoms with van der Waals surface area (Å²) in [5, 5.41) is 4.62. The van der Waals surface area contributed by atoms with Crippen molar-refractivity contribution in [2.45, 2.75) is 53.0 Å². The lowest BCUT2D eigenvalue weighted by Crippen LogP contribution is -1.99. The number of unbranched alkanes of at least 4 members (excludes halogenated alkanes) is 2.